The summed E-state index contributed by atoms with van der Waals surface area (Å²) in [6.45, 7) is 1.85. The van der Waals surface area contributed by atoms with Gasteiger partial charge in [0.2, 0.25) is 5.96 Å². The molecule has 7 nitrogen and oxygen atoms in total. The van der Waals surface area contributed by atoms with Gasteiger partial charge >= 0.3 is 0 Å². The molecule has 1 aromatic carbocycles. The first-order valence-corrected chi connectivity index (χ1v) is 7.20. The average Bonchev–Trinajstić information content (AvgIpc) is 3.09. The van der Waals surface area contributed by atoms with Crippen molar-refractivity contribution in [2.45, 2.75) is 31.7 Å². The molecule has 1 atom stereocenters. The van der Waals surface area contributed by atoms with E-state index in [1.165, 1.54) is 5.56 Å². The van der Waals surface area contributed by atoms with Crippen LogP contribution in [0.15, 0.2) is 39.2 Å². The van der Waals surface area contributed by atoms with Crippen LogP contribution < -0.4 is 11.2 Å². The number of nitrogens with two attached hydrogens (primary N) is 1. The van der Waals surface area contributed by atoms with E-state index in [-0.39, 0.29) is 11.8 Å². The normalized spacial score (nSPS) is 24.9. The van der Waals surface area contributed by atoms with Crippen LogP contribution in [0.3, 0.4) is 0 Å². The molecule has 1 aromatic rings. The Morgan fingerprint density at radius 3 is 2.95 bits per heavy atom. The molecular formula is C15H18N6O. The highest BCUT2D eigenvalue weighted by molar-refractivity contribution is 6.24. The monoisotopic (exact) mass is 298 g/mol. The Morgan fingerprint density at radius 2 is 2.23 bits per heavy atom. The number of aliphatic imine (C=N–C) groups is 3. The number of rotatable bonds is 2. The molecule has 0 aromatic heterocycles. The SMILES string of the molecule is CCC1(C(=N)NO)N=C(N)N=C1N=C1CCc2ccccc21. The van der Waals surface area contributed by atoms with E-state index in [2.05, 4.69) is 21.0 Å². The van der Waals surface area contributed by atoms with Gasteiger partial charge in [0, 0.05) is 0 Å². The Balaban J connectivity index is 2.04. The van der Waals surface area contributed by atoms with Crippen LogP contribution in [-0.2, 0) is 6.42 Å². The molecule has 1 aliphatic carbocycles. The molecule has 0 bridgehead atoms. The molecule has 5 N–H and O–H groups in total. The highest BCUT2D eigenvalue weighted by Gasteiger charge is 2.43. The first-order chi connectivity index (χ1) is 10.6. The number of amidine groups is 2. The van der Waals surface area contributed by atoms with E-state index in [1.54, 1.807) is 0 Å². The first kappa shape index (κ1) is 14.4. The Morgan fingerprint density at radius 1 is 1.45 bits per heavy atom. The summed E-state index contributed by atoms with van der Waals surface area (Å²) in [4.78, 5) is 13.0. The second-order valence-corrected chi connectivity index (χ2v) is 5.32. The van der Waals surface area contributed by atoms with Crippen molar-refractivity contribution >= 4 is 23.3 Å². The number of guanidine groups is 1. The molecule has 0 fully saturated rings. The largest absolute Gasteiger partial charge is 0.368 e. The van der Waals surface area contributed by atoms with E-state index >= 15 is 0 Å². The van der Waals surface area contributed by atoms with E-state index in [0.717, 1.165) is 24.1 Å². The van der Waals surface area contributed by atoms with Gasteiger partial charge in [-0.1, -0.05) is 31.2 Å². The number of hydrogen-bond donors (Lipinski definition) is 4. The zero-order valence-electron chi connectivity index (χ0n) is 12.3. The molecule has 1 unspecified atom stereocenters. The number of hydroxylamine groups is 1. The van der Waals surface area contributed by atoms with Gasteiger partial charge in [-0.3, -0.25) is 16.1 Å². The van der Waals surface area contributed by atoms with Crippen molar-refractivity contribution in [2.24, 2.45) is 20.7 Å². The van der Waals surface area contributed by atoms with E-state index in [0.29, 0.717) is 12.3 Å². The zero-order chi connectivity index (χ0) is 15.7. The molecule has 0 saturated heterocycles. The third kappa shape index (κ3) is 2.10. The van der Waals surface area contributed by atoms with Crippen molar-refractivity contribution in [2.75, 3.05) is 0 Å². The molecule has 1 aliphatic heterocycles. The standard InChI is InChI=1S/C15H18N6O/c1-2-15(12(16)21-22)13(19-14(17)20-15)18-11-8-7-9-5-3-4-6-10(9)11/h3-6,22H,2,7-8H2,1H3,(H2,16,21)(H2,17,20). The number of nitrogens with one attached hydrogen (secondary N) is 2. The third-order valence-corrected chi connectivity index (χ3v) is 4.13. The van der Waals surface area contributed by atoms with Gasteiger partial charge in [0.15, 0.2) is 17.2 Å². The van der Waals surface area contributed by atoms with Gasteiger partial charge in [-0.05, 0) is 30.4 Å². The lowest BCUT2D eigenvalue weighted by molar-refractivity contribution is 0.226. The Kier molecular flexibility index (Phi) is 3.50. The highest BCUT2D eigenvalue weighted by Crippen LogP contribution is 2.28. The van der Waals surface area contributed by atoms with Crippen molar-refractivity contribution in [1.82, 2.24) is 5.48 Å². The fraction of sp³-hybridized carbons (Fsp3) is 0.333. The number of nitrogens with zero attached hydrogens (tertiary/aromatic N) is 3. The Labute approximate surface area is 128 Å². The summed E-state index contributed by atoms with van der Waals surface area (Å²) >= 11 is 0. The fourth-order valence-corrected chi connectivity index (χ4v) is 2.91. The van der Waals surface area contributed by atoms with Crippen molar-refractivity contribution in [3.8, 4) is 0 Å². The van der Waals surface area contributed by atoms with Crippen molar-refractivity contribution in [3.63, 3.8) is 0 Å². The second-order valence-electron chi connectivity index (χ2n) is 5.32. The lowest BCUT2D eigenvalue weighted by Crippen LogP contribution is -2.48. The first-order valence-electron chi connectivity index (χ1n) is 7.20. The molecule has 2 aliphatic rings. The van der Waals surface area contributed by atoms with Crippen molar-refractivity contribution < 1.29 is 5.21 Å². The van der Waals surface area contributed by atoms with E-state index in [9.17, 15) is 0 Å². The molecule has 1 heterocycles. The molecule has 0 spiro atoms. The minimum atomic E-state index is -1.14. The number of aryl methyl sites for hydroxylation is 1. The number of hydrogen-bond acceptors (Lipinski definition) is 6. The summed E-state index contributed by atoms with van der Waals surface area (Å²) in [7, 11) is 0. The maximum absolute atomic E-state index is 9.13. The topological polar surface area (TPSA) is 119 Å². The van der Waals surface area contributed by atoms with Gasteiger partial charge in [0.1, 0.15) is 0 Å². The molecule has 3 rings (SSSR count). The minimum absolute atomic E-state index is 0.0764. The van der Waals surface area contributed by atoms with Gasteiger partial charge < -0.3 is 5.73 Å². The maximum atomic E-state index is 9.13. The van der Waals surface area contributed by atoms with E-state index in [1.807, 2.05) is 30.6 Å². The van der Waals surface area contributed by atoms with Crippen LogP contribution in [0, 0.1) is 5.41 Å². The summed E-state index contributed by atoms with van der Waals surface area (Å²) in [5.74, 6) is 0.253. The minimum Gasteiger partial charge on any atom is -0.368 e. The maximum Gasteiger partial charge on any atom is 0.218 e. The summed E-state index contributed by atoms with van der Waals surface area (Å²) in [5, 5.41) is 17.1. The highest BCUT2D eigenvalue weighted by atomic mass is 16.5. The van der Waals surface area contributed by atoms with Crippen LogP contribution in [0.5, 0.6) is 0 Å². The number of fused-ring (bicyclic) bond motifs is 1. The van der Waals surface area contributed by atoms with Gasteiger partial charge in [-0.25, -0.2) is 9.98 Å². The van der Waals surface area contributed by atoms with Crippen molar-refractivity contribution in [1.29, 1.82) is 5.41 Å². The predicted octanol–water partition coefficient (Wildman–Crippen LogP) is 1.25. The van der Waals surface area contributed by atoms with Crippen LogP contribution in [0.4, 0.5) is 0 Å². The van der Waals surface area contributed by atoms with Gasteiger partial charge in [0.05, 0.1) is 5.71 Å². The molecule has 0 saturated carbocycles. The molecule has 114 valence electrons. The lowest BCUT2D eigenvalue weighted by Gasteiger charge is -2.24. The zero-order valence-corrected chi connectivity index (χ0v) is 12.3. The summed E-state index contributed by atoms with van der Waals surface area (Å²) in [6.07, 6.45) is 2.18. The average molecular weight is 298 g/mol. The lowest BCUT2D eigenvalue weighted by atomic mass is 9.94. The summed E-state index contributed by atoms with van der Waals surface area (Å²) in [6, 6.07) is 8.11. The molecule has 0 amide bonds. The third-order valence-electron chi connectivity index (χ3n) is 4.13. The van der Waals surface area contributed by atoms with Crippen molar-refractivity contribution in [3.05, 3.63) is 35.4 Å². The van der Waals surface area contributed by atoms with Crippen LogP contribution in [0.2, 0.25) is 0 Å². The Bertz CT molecular complexity index is 720. The van der Waals surface area contributed by atoms with Gasteiger partial charge in [0.25, 0.3) is 0 Å². The number of benzene rings is 1. The second kappa shape index (κ2) is 5.34. The quantitative estimate of drug-likeness (QED) is 0.373. The van der Waals surface area contributed by atoms with Crippen LogP contribution in [0.25, 0.3) is 0 Å². The summed E-state index contributed by atoms with van der Waals surface area (Å²) < 4.78 is 0. The summed E-state index contributed by atoms with van der Waals surface area (Å²) in [5.41, 5.74) is 9.73. The Hall–Kier alpha value is -2.54. The van der Waals surface area contributed by atoms with Gasteiger partial charge in [-0.15, -0.1) is 0 Å². The molecular weight excluding hydrogens is 280 g/mol. The predicted molar refractivity (Wildman–Crippen MR) is 86.0 cm³/mol. The molecule has 22 heavy (non-hydrogen) atoms. The smallest absolute Gasteiger partial charge is 0.218 e. The van der Waals surface area contributed by atoms with E-state index in [4.69, 9.17) is 16.4 Å². The molecule has 0 radical (unpaired) electrons. The van der Waals surface area contributed by atoms with Crippen LogP contribution in [0.1, 0.15) is 30.9 Å². The molecule has 7 heteroatoms. The van der Waals surface area contributed by atoms with Crippen LogP contribution >= 0.6 is 0 Å². The fourth-order valence-electron chi connectivity index (χ4n) is 2.91. The van der Waals surface area contributed by atoms with Gasteiger partial charge in [-0.2, -0.15) is 4.99 Å². The van der Waals surface area contributed by atoms with Crippen LogP contribution in [-0.4, -0.2) is 34.1 Å². The van der Waals surface area contributed by atoms with E-state index < -0.39 is 5.54 Å².